The van der Waals surface area contributed by atoms with Crippen molar-refractivity contribution in [2.75, 3.05) is 6.54 Å². The van der Waals surface area contributed by atoms with Crippen molar-refractivity contribution in [1.82, 2.24) is 5.32 Å². The average molecular weight is 193 g/mol. The molecule has 1 aliphatic carbocycles. The third-order valence-corrected chi connectivity index (χ3v) is 2.84. The van der Waals surface area contributed by atoms with Crippen LogP contribution in [-0.2, 0) is 0 Å². The molecule has 0 fully saturated rings. The van der Waals surface area contributed by atoms with Crippen molar-refractivity contribution in [2.45, 2.75) is 51.5 Å². The van der Waals surface area contributed by atoms with E-state index in [4.69, 9.17) is 0 Å². The van der Waals surface area contributed by atoms with Crippen LogP contribution in [0.1, 0.15) is 45.4 Å². The maximum absolute atomic E-state index is 3.82. The molecule has 1 nitrogen and oxygen atoms in total. The quantitative estimate of drug-likeness (QED) is 0.637. The normalized spacial score (nSPS) is 18.8. The molecule has 0 heterocycles. The zero-order valence-electron chi connectivity index (χ0n) is 9.39. The van der Waals surface area contributed by atoms with Crippen LogP contribution in [0.4, 0.5) is 0 Å². The summed E-state index contributed by atoms with van der Waals surface area (Å²) < 4.78 is 0. The van der Waals surface area contributed by atoms with E-state index in [1.54, 1.807) is 5.57 Å². The van der Waals surface area contributed by atoms with Crippen LogP contribution in [0.15, 0.2) is 24.3 Å². The van der Waals surface area contributed by atoms with Gasteiger partial charge in [0.05, 0.1) is 0 Å². The summed E-state index contributed by atoms with van der Waals surface area (Å²) in [5.41, 5.74) is 1.66. The molecule has 1 heteroatoms. The fourth-order valence-corrected chi connectivity index (χ4v) is 2.14. The molecule has 80 valence electrons. The molecule has 0 amide bonds. The van der Waals surface area contributed by atoms with Crippen LogP contribution in [0.2, 0.25) is 0 Å². The molecule has 0 saturated carbocycles. The summed E-state index contributed by atoms with van der Waals surface area (Å²) in [6, 6.07) is 0.613. The second-order valence-corrected chi connectivity index (χ2v) is 4.09. The molecule has 1 aliphatic rings. The maximum Gasteiger partial charge on any atom is 0.0138 e. The number of allylic oxidation sites excluding steroid dienone is 1. The highest BCUT2D eigenvalue weighted by Gasteiger charge is 2.10. The average Bonchev–Trinajstić information content (AvgIpc) is 2.20. The van der Waals surface area contributed by atoms with E-state index in [9.17, 15) is 0 Å². The predicted molar refractivity (Wildman–Crippen MR) is 63.4 cm³/mol. The Kier molecular flexibility index (Phi) is 5.62. The first-order chi connectivity index (χ1) is 6.86. The SMILES string of the molecule is C=CCC(CC1=CCCCC1)NCC. The minimum absolute atomic E-state index is 0.613. The highest BCUT2D eigenvalue weighted by molar-refractivity contribution is 5.07. The minimum atomic E-state index is 0.613. The molecule has 14 heavy (non-hydrogen) atoms. The van der Waals surface area contributed by atoms with Crippen molar-refractivity contribution in [3.05, 3.63) is 24.3 Å². The van der Waals surface area contributed by atoms with Crippen LogP contribution in [0.3, 0.4) is 0 Å². The Morgan fingerprint density at radius 1 is 1.57 bits per heavy atom. The van der Waals surface area contributed by atoms with Gasteiger partial charge in [-0.3, -0.25) is 0 Å². The van der Waals surface area contributed by atoms with Crippen LogP contribution in [0, 0.1) is 0 Å². The van der Waals surface area contributed by atoms with Gasteiger partial charge in [-0.1, -0.05) is 24.6 Å². The lowest BCUT2D eigenvalue weighted by atomic mass is 9.93. The monoisotopic (exact) mass is 193 g/mol. The zero-order chi connectivity index (χ0) is 10.2. The lowest BCUT2D eigenvalue weighted by molar-refractivity contribution is 0.511. The summed E-state index contributed by atoms with van der Waals surface area (Å²) in [5.74, 6) is 0. The third-order valence-electron chi connectivity index (χ3n) is 2.84. The smallest absolute Gasteiger partial charge is 0.0138 e. The van der Waals surface area contributed by atoms with Crippen LogP contribution in [0.25, 0.3) is 0 Å². The summed E-state index contributed by atoms with van der Waals surface area (Å²) in [7, 11) is 0. The van der Waals surface area contributed by atoms with Gasteiger partial charge in [-0.2, -0.15) is 0 Å². The van der Waals surface area contributed by atoms with Gasteiger partial charge in [0, 0.05) is 6.04 Å². The Morgan fingerprint density at radius 3 is 3.00 bits per heavy atom. The Hall–Kier alpha value is -0.560. The van der Waals surface area contributed by atoms with Gasteiger partial charge in [0.25, 0.3) is 0 Å². The van der Waals surface area contributed by atoms with Crippen LogP contribution < -0.4 is 5.32 Å². The summed E-state index contributed by atoms with van der Waals surface area (Å²) in [4.78, 5) is 0. The van der Waals surface area contributed by atoms with Gasteiger partial charge in [-0.25, -0.2) is 0 Å². The van der Waals surface area contributed by atoms with Gasteiger partial charge in [-0.15, -0.1) is 6.58 Å². The Morgan fingerprint density at radius 2 is 2.43 bits per heavy atom. The van der Waals surface area contributed by atoms with E-state index in [1.165, 1.54) is 32.1 Å². The maximum atomic E-state index is 3.82. The fourth-order valence-electron chi connectivity index (χ4n) is 2.14. The Balaban J connectivity index is 2.36. The summed E-state index contributed by atoms with van der Waals surface area (Å²) in [6.45, 7) is 7.05. The van der Waals surface area contributed by atoms with Gasteiger partial charge >= 0.3 is 0 Å². The number of hydrogen-bond donors (Lipinski definition) is 1. The number of hydrogen-bond acceptors (Lipinski definition) is 1. The van der Waals surface area contributed by atoms with Crippen molar-refractivity contribution >= 4 is 0 Å². The lowest BCUT2D eigenvalue weighted by Gasteiger charge is -2.20. The van der Waals surface area contributed by atoms with E-state index in [0.29, 0.717) is 6.04 Å². The second-order valence-electron chi connectivity index (χ2n) is 4.09. The molecule has 0 aromatic carbocycles. The molecule has 0 radical (unpaired) electrons. The Labute approximate surface area is 88.3 Å². The fraction of sp³-hybridized carbons (Fsp3) is 0.692. The van der Waals surface area contributed by atoms with Gasteiger partial charge in [-0.05, 0) is 45.1 Å². The topological polar surface area (TPSA) is 12.0 Å². The molecule has 1 unspecified atom stereocenters. The molecule has 0 aromatic heterocycles. The molecule has 1 atom stereocenters. The van der Waals surface area contributed by atoms with E-state index in [0.717, 1.165) is 13.0 Å². The summed E-state index contributed by atoms with van der Waals surface area (Å²) >= 11 is 0. The lowest BCUT2D eigenvalue weighted by Crippen LogP contribution is -2.28. The van der Waals surface area contributed by atoms with E-state index < -0.39 is 0 Å². The van der Waals surface area contributed by atoms with E-state index in [-0.39, 0.29) is 0 Å². The standard InChI is InChI=1S/C13H23N/c1-3-8-13(14-4-2)11-12-9-6-5-7-10-12/h3,9,13-14H,1,4-8,10-11H2,2H3. The summed E-state index contributed by atoms with van der Waals surface area (Å²) in [6.07, 6.45) is 12.2. The molecule has 0 aliphatic heterocycles. The molecule has 0 spiro atoms. The van der Waals surface area contributed by atoms with Gasteiger partial charge < -0.3 is 5.32 Å². The zero-order valence-corrected chi connectivity index (χ0v) is 9.39. The van der Waals surface area contributed by atoms with Crippen LogP contribution in [0.5, 0.6) is 0 Å². The minimum Gasteiger partial charge on any atom is -0.314 e. The van der Waals surface area contributed by atoms with E-state index in [1.807, 2.05) is 6.08 Å². The first-order valence-corrected chi connectivity index (χ1v) is 5.89. The molecule has 0 aromatic rings. The summed E-state index contributed by atoms with van der Waals surface area (Å²) in [5, 5.41) is 3.52. The van der Waals surface area contributed by atoms with Crippen LogP contribution in [-0.4, -0.2) is 12.6 Å². The highest BCUT2D eigenvalue weighted by Crippen LogP contribution is 2.22. The Bertz CT molecular complexity index is 193. The van der Waals surface area contributed by atoms with Crippen molar-refractivity contribution in [3.8, 4) is 0 Å². The molecular weight excluding hydrogens is 170 g/mol. The largest absolute Gasteiger partial charge is 0.314 e. The number of rotatable bonds is 6. The highest BCUT2D eigenvalue weighted by atomic mass is 14.9. The van der Waals surface area contributed by atoms with Crippen molar-refractivity contribution in [3.63, 3.8) is 0 Å². The first-order valence-electron chi connectivity index (χ1n) is 5.89. The molecule has 1 N–H and O–H groups in total. The van der Waals surface area contributed by atoms with Crippen molar-refractivity contribution in [2.24, 2.45) is 0 Å². The van der Waals surface area contributed by atoms with E-state index in [2.05, 4.69) is 24.9 Å². The van der Waals surface area contributed by atoms with E-state index >= 15 is 0 Å². The van der Waals surface area contributed by atoms with Gasteiger partial charge in [0.15, 0.2) is 0 Å². The number of nitrogens with one attached hydrogen (secondary N) is 1. The third kappa shape index (κ3) is 4.10. The predicted octanol–water partition coefficient (Wildman–Crippen LogP) is 3.43. The first kappa shape index (κ1) is 11.5. The molecule has 1 rings (SSSR count). The van der Waals surface area contributed by atoms with Crippen molar-refractivity contribution < 1.29 is 0 Å². The van der Waals surface area contributed by atoms with Gasteiger partial charge in [0.1, 0.15) is 0 Å². The van der Waals surface area contributed by atoms with Crippen LogP contribution >= 0.6 is 0 Å². The molecule has 0 bridgehead atoms. The molecule has 0 saturated heterocycles. The van der Waals surface area contributed by atoms with Gasteiger partial charge in [0.2, 0.25) is 0 Å². The molecular formula is C13H23N. The van der Waals surface area contributed by atoms with Crippen molar-refractivity contribution in [1.29, 1.82) is 0 Å². The second kappa shape index (κ2) is 6.83.